The van der Waals surface area contributed by atoms with Crippen LogP contribution in [-0.2, 0) is 4.74 Å². The first-order chi connectivity index (χ1) is 8.72. The highest BCUT2D eigenvalue weighted by Crippen LogP contribution is 2.28. The third-order valence-electron chi connectivity index (χ3n) is 2.09. The van der Waals surface area contributed by atoms with Crippen LogP contribution in [0.2, 0.25) is 0 Å². The molecule has 0 atom stereocenters. The molecule has 1 aromatic rings. The fraction of sp³-hybridized carbons (Fsp3) is 0.214. The Bertz CT molecular complexity index is 437. The van der Waals surface area contributed by atoms with Gasteiger partial charge in [0, 0.05) is 0 Å². The van der Waals surface area contributed by atoms with E-state index in [0.717, 1.165) is 0 Å². The monoisotopic (exact) mass is 248 g/mol. The maximum atomic E-state index is 11.6. The second-order valence-electron chi connectivity index (χ2n) is 3.35. The third-order valence-corrected chi connectivity index (χ3v) is 2.09. The maximum Gasteiger partial charge on any atom is 0.338 e. The molecule has 0 fully saturated rings. The Balaban J connectivity index is 2.86. The largest absolute Gasteiger partial charge is 0.493 e. The first kappa shape index (κ1) is 13.8. The van der Waals surface area contributed by atoms with Crippen molar-refractivity contribution in [3.05, 3.63) is 49.1 Å². The van der Waals surface area contributed by atoms with Gasteiger partial charge >= 0.3 is 5.97 Å². The molecule has 0 radical (unpaired) electrons. The molecule has 0 aliphatic carbocycles. The van der Waals surface area contributed by atoms with Crippen molar-refractivity contribution in [3.8, 4) is 11.5 Å². The topological polar surface area (TPSA) is 44.8 Å². The van der Waals surface area contributed by atoms with Crippen molar-refractivity contribution in [2.75, 3.05) is 20.3 Å². The Hall–Kier alpha value is -2.23. The van der Waals surface area contributed by atoms with E-state index in [2.05, 4.69) is 13.2 Å². The smallest absolute Gasteiger partial charge is 0.338 e. The van der Waals surface area contributed by atoms with E-state index in [-0.39, 0.29) is 6.61 Å². The number of esters is 1. The molecule has 0 heterocycles. The first-order valence-electron chi connectivity index (χ1n) is 5.42. The van der Waals surface area contributed by atoms with Crippen LogP contribution >= 0.6 is 0 Å². The molecule has 0 amide bonds. The molecule has 0 N–H and O–H groups in total. The minimum atomic E-state index is -0.427. The predicted molar refractivity (Wildman–Crippen MR) is 69.2 cm³/mol. The van der Waals surface area contributed by atoms with E-state index in [4.69, 9.17) is 14.2 Å². The zero-order valence-corrected chi connectivity index (χ0v) is 10.3. The summed E-state index contributed by atoms with van der Waals surface area (Å²) in [6, 6.07) is 4.85. The van der Waals surface area contributed by atoms with Gasteiger partial charge in [-0.2, -0.15) is 0 Å². The molecule has 0 bridgehead atoms. The summed E-state index contributed by atoms with van der Waals surface area (Å²) in [5, 5.41) is 0. The van der Waals surface area contributed by atoms with Crippen molar-refractivity contribution in [3.63, 3.8) is 0 Å². The summed E-state index contributed by atoms with van der Waals surface area (Å²) >= 11 is 0. The zero-order chi connectivity index (χ0) is 13.4. The van der Waals surface area contributed by atoms with E-state index >= 15 is 0 Å². The molecule has 0 aliphatic rings. The second kappa shape index (κ2) is 7.17. The molecule has 0 unspecified atom stereocenters. The average Bonchev–Trinajstić information content (AvgIpc) is 2.42. The lowest BCUT2D eigenvalue weighted by Crippen LogP contribution is -2.06. The van der Waals surface area contributed by atoms with Crippen molar-refractivity contribution < 1.29 is 19.0 Å². The molecule has 96 valence electrons. The quantitative estimate of drug-likeness (QED) is 0.549. The zero-order valence-electron chi connectivity index (χ0n) is 10.3. The van der Waals surface area contributed by atoms with E-state index in [0.29, 0.717) is 23.7 Å². The molecule has 1 aromatic carbocycles. The van der Waals surface area contributed by atoms with Crippen molar-refractivity contribution in [2.24, 2.45) is 0 Å². The predicted octanol–water partition coefficient (Wildman–Crippen LogP) is 2.60. The summed E-state index contributed by atoms with van der Waals surface area (Å²) in [6.45, 7) is 7.59. The van der Waals surface area contributed by atoms with Gasteiger partial charge in [0.1, 0.15) is 13.2 Å². The molecule has 0 spiro atoms. The minimum absolute atomic E-state index is 0.176. The molecule has 4 nitrogen and oxygen atoms in total. The number of carbonyl (C=O) groups is 1. The number of ether oxygens (including phenoxy) is 3. The van der Waals surface area contributed by atoms with Crippen LogP contribution in [0.1, 0.15) is 10.4 Å². The standard InChI is InChI=1S/C14H16O4/c1-4-8-17-12-7-6-11(10-13(12)16-3)14(15)18-9-5-2/h4-7,10H,1-2,8-9H2,3H3. The Morgan fingerprint density at radius 2 is 1.94 bits per heavy atom. The van der Waals surface area contributed by atoms with Crippen molar-refractivity contribution >= 4 is 5.97 Å². The number of methoxy groups -OCH3 is 1. The van der Waals surface area contributed by atoms with E-state index in [1.54, 1.807) is 24.3 Å². The van der Waals surface area contributed by atoms with Gasteiger partial charge in [-0.25, -0.2) is 4.79 Å². The Morgan fingerprint density at radius 1 is 1.22 bits per heavy atom. The number of rotatable bonds is 7. The van der Waals surface area contributed by atoms with E-state index < -0.39 is 5.97 Å². The van der Waals surface area contributed by atoms with Crippen LogP contribution < -0.4 is 9.47 Å². The van der Waals surface area contributed by atoms with Crippen molar-refractivity contribution in [1.82, 2.24) is 0 Å². The lowest BCUT2D eigenvalue weighted by Gasteiger charge is -2.10. The average molecular weight is 248 g/mol. The molecule has 0 aromatic heterocycles. The Kier molecular flexibility index (Phi) is 5.51. The van der Waals surface area contributed by atoms with Crippen LogP contribution in [0, 0.1) is 0 Å². The number of benzene rings is 1. The summed E-state index contributed by atoms with van der Waals surface area (Å²) in [4.78, 5) is 11.6. The SMILES string of the molecule is C=CCOC(=O)c1ccc(OCC=C)c(OC)c1. The lowest BCUT2D eigenvalue weighted by atomic mass is 10.2. The van der Waals surface area contributed by atoms with E-state index in [1.165, 1.54) is 13.2 Å². The van der Waals surface area contributed by atoms with Crippen LogP contribution in [0.3, 0.4) is 0 Å². The van der Waals surface area contributed by atoms with Gasteiger partial charge in [0.2, 0.25) is 0 Å². The minimum Gasteiger partial charge on any atom is -0.493 e. The van der Waals surface area contributed by atoms with Crippen LogP contribution in [-0.4, -0.2) is 26.3 Å². The molecule has 1 rings (SSSR count). The van der Waals surface area contributed by atoms with Gasteiger partial charge in [0.25, 0.3) is 0 Å². The summed E-state index contributed by atoms with van der Waals surface area (Å²) in [5.74, 6) is 0.603. The van der Waals surface area contributed by atoms with Crippen LogP contribution in [0.25, 0.3) is 0 Å². The van der Waals surface area contributed by atoms with Gasteiger partial charge in [0.05, 0.1) is 12.7 Å². The fourth-order valence-electron chi connectivity index (χ4n) is 1.28. The van der Waals surface area contributed by atoms with E-state index in [1.807, 2.05) is 0 Å². The molecular formula is C14H16O4. The summed E-state index contributed by atoms with van der Waals surface area (Å²) in [6.07, 6.45) is 3.14. The lowest BCUT2D eigenvalue weighted by molar-refractivity contribution is 0.0549. The van der Waals surface area contributed by atoms with Crippen molar-refractivity contribution in [1.29, 1.82) is 0 Å². The number of hydrogen-bond donors (Lipinski definition) is 0. The highest BCUT2D eigenvalue weighted by Gasteiger charge is 2.11. The summed E-state index contributed by atoms with van der Waals surface area (Å²) in [7, 11) is 1.51. The highest BCUT2D eigenvalue weighted by atomic mass is 16.5. The molecule has 18 heavy (non-hydrogen) atoms. The second-order valence-corrected chi connectivity index (χ2v) is 3.35. The summed E-state index contributed by atoms with van der Waals surface area (Å²) in [5.41, 5.74) is 0.402. The Labute approximate surface area is 106 Å². The fourth-order valence-corrected chi connectivity index (χ4v) is 1.28. The molecule has 0 saturated carbocycles. The first-order valence-corrected chi connectivity index (χ1v) is 5.42. The molecule has 0 saturated heterocycles. The molecule has 0 aliphatic heterocycles. The summed E-state index contributed by atoms with van der Waals surface area (Å²) < 4.78 is 15.5. The maximum absolute atomic E-state index is 11.6. The van der Waals surface area contributed by atoms with Gasteiger partial charge in [-0.15, -0.1) is 0 Å². The van der Waals surface area contributed by atoms with Gasteiger partial charge in [-0.3, -0.25) is 0 Å². The number of hydrogen-bond acceptors (Lipinski definition) is 4. The Morgan fingerprint density at radius 3 is 2.56 bits per heavy atom. The normalized spacial score (nSPS) is 9.39. The highest BCUT2D eigenvalue weighted by molar-refractivity contribution is 5.90. The van der Waals surface area contributed by atoms with Gasteiger partial charge in [-0.05, 0) is 18.2 Å². The van der Waals surface area contributed by atoms with Gasteiger partial charge < -0.3 is 14.2 Å². The van der Waals surface area contributed by atoms with Crippen LogP contribution in [0.4, 0.5) is 0 Å². The third kappa shape index (κ3) is 3.66. The van der Waals surface area contributed by atoms with Crippen LogP contribution in [0.5, 0.6) is 11.5 Å². The molecule has 4 heteroatoms. The molecular weight excluding hydrogens is 232 g/mol. The van der Waals surface area contributed by atoms with Crippen molar-refractivity contribution in [2.45, 2.75) is 0 Å². The van der Waals surface area contributed by atoms with Gasteiger partial charge in [0.15, 0.2) is 11.5 Å². The van der Waals surface area contributed by atoms with Gasteiger partial charge in [-0.1, -0.05) is 25.3 Å². The number of carbonyl (C=O) groups excluding carboxylic acids is 1. The van der Waals surface area contributed by atoms with E-state index in [9.17, 15) is 4.79 Å². The van der Waals surface area contributed by atoms with Crippen LogP contribution in [0.15, 0.2) is 43.5 Å².